The number of hydrogen-bond donors (Lipinski definition) is 5. The van der Waals surface area contributed by atoms with Crippen molar-refractivity contribution in [2.24, 2.45) is 11.5 Å². The molecule has 3 rings (SSSR count). The minimum absolute atomic E-state index is 0.0806. The number of ether oxygens (including phenoxy) is 1. The van der Waals surface area contributed by atoms with Crippen molar-refractivity contribution in [1.29, 1.82) is 0 Å². The van der Waals surface area contributed by atoms with E-state index in [1.807, 2.05) is 11.0 Å². The predicted octanol–water partition coefficient (Wildman–Crippen LogP) is 1.56. The van der Waals surface area contributed by atoms with Crippen molar-refractivity contribution in [3.8, 4) is 5.75 Å². The smallest absolute Gasteiger partial charge is 0.406 e. The van der Waals surface area contributed by atoms with Crippen LogP contribution >= 0.6 is 0 Å². The van der Waals surface area contributed by atoms with Gasteiger partial charge in [0.2, 0.25) is 5.91 Å². The van der Waals surface area contributed by atoms with Gasteiger partial charge in [-0.15, -0.1) is 13.2 Å². The average molecular weight is 552 g/mol. The molecule has 1 aliphatic rings. The molecular formula is C24H28F3N7O5. The maximum Gasteiger partial charge on any atom is 0.573 e. The molecule has 210 valence electrons. The quantitative estimate of drug-likeness (QED) is 0.308. The Hall–Kier alpha value is -4.53. The molecule has 1 heterocycles. The first-order valence-electron chi connectivity index (χ1n) is 11.7. The molecule has 0 bridgehead atoms. The number of likely N-dealkylation sites (tertiary alicyclic amines) is 1. The van der Waals surface area contributed by atoms with Crippen LogP contribution in [0.25, 0.3) is 0 Å². The molecule has 0 unspecified atom stereocenters. The van der Waals surface area contributed by atoms with Gasteiger partial charge < -0.3 is 32.6 Å². The first kappa shape index (κ1) is 29.0. The summed E-state index contributed by atoms with van der Waals surface area (Å²) >= 11 is 0. The van der Waals surface area contributed by atoms with E-state index in [1.54, 1.807) is 19.1 Å². The summed E-state index contributed by atoms with van der Waals surface area (Å²) in [6.07, 6.45) is -4.31. The Morgan fingerprint density at radius 3 is 2.44 bits per heavy atom. The van der Waals surface area contributed by atoms with Gasteiger partial charge in [-0.2, -0.15) is 0 Å². The van der Waals surface area contributed by atoms with Crippen LogP contribution in [0.1, 0.15) is 27.9 Å². The molecule has 39 heavy (non-hydrogen) atoms. The second kappa shape index (κ2) is 11.9. The number of primary amides is 2. The van der Waals surface area contributed by atoms with Gasteiger partial charge in [0, 0.05) is 31.4 Å². The number of nitrogen functional groups attached to an aromatic ring is 1. The van der Waals surface area contributed by atoms with Gasteiger partial charge in [0.15, 0.2) is 0 Å². The maximum absolute atomic E-state index is 12.4. The second-order valence-electron chi connectivity index (χ2n) is 8.90. The highest BCUT2D eigenvalue weighted by atomic mass is 19.4. The number of hydrogen-bond acceptors (Lipinski definition) is 7. The molecular weight excluding hydrogens is 523 g/mol. The molecule has 2 aromatic carbocycles. The number of halogens is 3. The number of nitrogens with one attached hydrogen (secondary N) is 2. The summed E-state index contributed by atoms with van der Waals surface area (Å²) in [4.78, 5) is 50.8. The summed E-state index contributed by atoms with van der Waals surface area (Å²) in [5, 5.41) is 5.13. The minimum Gasteiger partial charge on any atom is -0.406 e. The zero-order chi connectivity index (χ0) is 28.9. The number of alkyl halides is 3. The third-order valence-electron chi connectivity index (χ3n) is 5.91. The van der Waals surface area contributed by atoms with Crippen LogP contribution in [0.5, 0.6) is 5.75 Å². The average Bonchev–Trinajstić information content (AvgIpc) is 3.26. The van der Waals surface area contributed by atoms with E-state index in [4.69, 9.17) is 17.2 Å². The Morgan fingerprint density at radius 2 is 1.79 bits per heavy atom. The molecule has 8 N–H and O–H groups in total. The van der Waals surface area contributed by atoms with Crippen molar-refractivity contribution in [3.05, 3.63) is 53.1 Å². The lowest BCUT2D eigenvalue weighted by Crippen LogP contribution is -2.44. The van der Waals surface area contributed by atoms with Gasteiger partial charge >= 0.3 is 18.4 Å². The number of carbonyl (C=O) groups is 4. The lowest BCUT2D eigenvalue weighted by Gasteiger charge is -2.21. The highest BCUT2D eigenvalue weighted by Gasteiger charge is 2.31. The maximum atomic E-state index is 12.4. The Kier molecular flexibility index (Phi) is 8.85. The normalized spacial score (nSPS) is 15.4. The van der Waals surface area contributed by atoms with E-state index in [0.29, 0.717) is 36.5 Å². The van der Waals surface area contributed by atoms with E-state index in [2.05, 4.69) is 15.4 Å². The van der Waals surface area contributed by atoms with Crippen LogP contribution in [0.2, 0.25) is 0 Å². The second-order valence-corrected chi connectivity index (χ2v) is 8.90. The predicted molar refractivity (Wildman–Crippen MR) is 135 cm³/mol. The van der Waals surface area contributed by atoms with E-state index in [-0.39, 0.29) is 23.0 Å². The highest BCUT2D eigenvalue weighted by molar-refractivity contribution is 6.12. The standard InChI is InChI=1S/C24H28F3N7O5/c1-13-2-3-14(8-19(13)34(22(29)37)23(30)38)11-33-7-6-15(12-33)32-20(35)10-31-21(36)17-9-16(4-5-18(17)28)39-24(25,26)27/h2-5,8-9,15H,6-7,10-12,28H2,1H3,(H2,29,37)(H2,30,38)(H,31,36)(H,32,35)/t15-/m1/s1. The van der Waals surface area contributed by atoms with Crippen LogP contribution in [-0.2, 0) is 11.3 Å². The van der Waals surface area contributed by atoms with Gasteiger partial charge in [-0.3, -0.25) is 14.5 Å². The number of aryl methyl sites for hydroxylation is 1. The van der Waals surface area contributed by atoms with Gasteiger partial charge in [0.05, 0.1) is 17.8 Å². The number of rotatable bonds is 8. The molecule has 0 radical (unpaired) electrons. The van der Waals surface area contributed by atoms with E-state index >= 15 is 0 Å². The summed E-state index contributed by atoms with van der Waals surface area (Å²) in [6, 6.07) is 5.91. The number of benzene rings is 2. The molecule has 1 saturated heterocycles. The Labute approximate surface area is 221 Å². The SMILES string of the molecule is Cc1ccc(CN2CC[C@@H](NC(=O)CNC(=O)c3cc(OC(F)(F)F)ccc3N)C2)cc1N(C(N)=O)C(N)=O. The van der Waals surface area contributed by atoms with Gasteiger partial charge in [-0.1, -0.05) is 12.1 Å². The number of imide groups is 1. The van der Waals surface area contributed by atoms with Gasteiger partial charge in [0.1, 0.15) is 5.75 Å². The number of nitrogens with two attached hydrogens (primary N) is 3. The van der Waals surface area contributed by atoms with Gasteiger partial charge in [0.25, 0.3) is 5.91 Å². The zero-order valence-corrected chi connectivity index (χ0v) is 20.9. The van der Waals surface area contributed by atoms with Crippen LogP contribution < -0.4 is 37.5 Å². The molecule has 0 saturated carbocycles. The van der Waals surface area contributed by atoms with Crippen molar-refractivity contribution in [3.63, 3.8) is 0 Å². The fourth-order valence-electron chi connectivity index (χ4n) is 4.16. The molecule has 0 aromatic heterocycles. The fraction of sp³-hybridized carbons (Fsp3) is 0.333. The molecule has 0 spiro atoms. The molecule has 0 aliphatic carbocycles. The number of urea groups is 2. The van der Waals surface area contributed by atoms with Crippen molar-refractivity contribution < 1.29 is 37.1 Å². The summed E-state index contributed by atoms with van der Waals surface area (Å²) in [5.74, 6) is -1.94. The Bertz CT molecular complexity index is 1260. The molecule has 6 amide bonds. The fourth-order valence-corrected chi connectivity index (χ4v) is 4.16. The van der Waals surface area contributed by atoms with Crippen LogP contribution in [-0.4, -0.2) is 60.8 Å². The van der Waals surface area contributed by atoms with Crippen molar-refractivity contribution in [1.82, 2.24) is 15.5 Å². The molecule has 15 heteroatoms. The van der Waals surface area contributed by atoms with E-state index in [0.717, 1.165) is 23.8 Å². The lowest BCUT2D eigenvalue weighted by molar-refractivity contribution is -0.274. The third kappa shape index (κ3) is 7.98. The molecule has 1 aliphatic heterocycles. The van der Waals surface area contributed by atoms with Crippen molar-refractivity contribution >= 4 is 35.3 Å². The Balaban J connectivity index is 1.52. The third-order valence-corrected chi connectivity index (χ3v) is 5.91. The van der Waals surface area contributed by atoms with Crippen LogP contribution in [0, 0.1) is 6.92 Å². The minimum atomic E-state index is -4.94. The van der Waals surface area contributed by atoms with Crippen LogP contribution in [0.15, 0.2) is 36.4 Å². The molecule has 12 nitrogen and oxygen atoms in total. The van der Waals surface area contributed by atoms with Gasteiger partial charge in [-0.25, -0.2) is 14.5 Å². The molecule has 2 aromatic rings. The highest BCUT2D eigenvalue weighted by Crippen LogP contribution is 2.26. The number of nitrogens with zero attached hydrogens (tertiary/aromatic N) is 2. The monoisotopic (exact) mass is 551 g/mol. The van der Waals surface area contributed by atoms with E-state index in [9.17, 15) is 32.3 Å². The van der Waals surface area contributed by atoms with Gasteiger partial charge in [-0.05, 0) is 48.7 Å². The molecule has 1 fully saturated rings. The summed E-state index contributed by atoms with van der Waals surface area (Å²) in [6.45, 7) is 2.87. The Morgan fingerprint density at radius 1 is 1.10 bits per heavy atom. The summed E-state index contributed by atoms with van der Waals surface area (Å²) in [7, 11) is 0. The van der Waals surface area contributed by atoms with Crippen LogP contribution in [0.4, 0.5) is 34.1 Å². The van der Waals surface area contributed by atoms with Crippen molar-refractivity contribution in [2.75, 3.05) is 30.3 Å². The number of carbonyl (C=O) groups excluding carboxylic acids is 4. The molecule has 1 atom stereocenters. The largest absolute Gasteiger partial charge is 0.573 e. The number of anilines is 2. The summed E-state index contributed by atoms with van der Waals surface area (Å²) < 4.78 is 41.1. The lowest BCUT2D eigenvalue weighted by atomic mass is 10.1. The first-order valence-corrected chi connectivity index (χ1v) is 11.7. The summed E-state index contributed by atoms with van der Waals surface area (Å²) in [5.41, 5.74) is 17.6. The number of amides is 6. The van der Waals surface area contributed by atoms with Crippen LogP contribution in [0.3, 0.4) is 0 Å². The van der Waals surface area contributed by atoms with E-state index in [1.165, 1.54) is 0 Å². The van der Waals surface area contributed by atoms with E-state index < -0.39 is 42.5 Å². The zero-order valence-electron chi connectivity index (χ0n) is 20.9. The topological polar surface area (TPSA) is 186 Å². The van der Waals surface area contributed by atoms with Crippen molar-refractivity contribution in [2.45, 2.75) is 32.3 Å². The first-order chi connectivity index (χ1) is 18.2.